The van der Waals surface area contributed by atoms with Crippen molar-refractivity contribution in [1.29, 1.82) is 0 Å². The Morgan fingerprint density at radius 1 is 1.60 bits per heavy atom. The zero-order valence-electron chi connectivity index (χ0n) is 3.57. The summed E-state index contributed by atoms with van der Waals surface area (Å²) in [5, 5.41) is 0. The molecule has 29 valence electrons. The summed E-state index contributed by atoms with van der Waals surface area (Å²) in [5.74, 6) is 0. The molecule has 0 amide bonds. The van der Waals surface area contributed by atoms with Crippen molar-refractivity contribution in [3.05, 3.63) is 6.92 Å². The van der Waals surface area contributed by atoms with Crippen LogP contribution in [0.15, 0.2) is 0 Å². The van der Waals surface area contributed by atoms with E-state index in [1.165, 1.54) is 6.42 Å². The van der Waals surface area contributed by atoms with Gasteiger partial charge in [-0.05, 0) is 0 Å². The van der Waals surface area contributed by atoms with Gasteiger partial charge in [0.2, 0.25) is 0 Å². The van der Waals surface area contributed by atoms with E-state index >= 15 is 0 Å². The van der Waals surface area contributed by atoms with E-state index in [1.807, 2.05) is 0 Å². The van der Waals surface area contributed by atoms with Gasteiger partial charge < -0.3 is 6.92 Å². The number of hydrogen-bond donors (Lipinski definition) is 0. The van der Waals surface area contributed by atoms with Crippen molar-refractivity contribution in [1.82, 2.24) is 0 Å². The maximum atomic E-state index is 3.60. The van der Waals surface area contributed by atoms with Crippen LogP contribution in [0, 0.1) is 6.92 Å². The minimum atomic E-state index is 0. The van der Waals surface area contributed by atoms with E-state index in [0.29, 0.717) is 0 Å². The minimum absolute atomic E-state index is 0. The molecule has 0 bridgehead atoms. The van der Waals surface area contributed by atoms with Crippen LogP contribution in [0.3, 0.4) is 0 Å². The average molecular weight is 108 g/mol. The molecule has 0 unspecified atom stereocenters. The number of rotatable bonds is 1. The number of unbranched alkanes of at least 4 members (excludes halogenated alkanes) is 1. The fraction of sp³-hybridized carbons (Fsp3) is 0.750. The molecular formula is C4H9V+. The Labute approximate surface area is 45.8 Å². The molecule has 0 aromatic rings. The third kappa shape index (κ3) is 12.2. The zero-order chi connectivity index (χ0) is 3.41. The third-order valence-corrected chi connectivity index (χ3v) is 0.354. The SMILES string of the molecule is [CH2-]CCC.[V+2]. The second-order valence-corrected chi connectivity index (χ2v) is 0.854. The molecule has 0 aliphatic heterocycles. The van der Waals surface area contributed by atoms with Gasteiger partial charge in [-0.2, -0.15) is 6.42 Å². The van der Waals surface area contributed by atoms with E-state index < -0.39 is 0 Å². The molecule has 1 radical (unpaired) electrons. The van der Waals surface area contributed by atoms with Crippen molar-refractivity contribution in [2.75, 3.05) is 0 Å². The van der Waals surface area contributed by atoms with E-state index in [-0.39, 0.29) is 18.6 Å². The number of hydrogen-bond acceptors (Lipinski definition) is 0. The molecule has 0 saturated carbocycles. The molecule has 0 aromatic heterocycles. The summed E-state index contributed by atoms with van der Waals surface area (Å²) in [6.07, 6.45) is 2.28. The van der Waals surface area contributed by atoms with Crippen LogP contribution < -0.4 is 0 Å². The zero-order valence-corrected chi connectivity index (χ0v) is 4.97. The third-order valence-electron chi connectivity index (χ3n) is 0.354. The van der Waals surface area contributed by atoms with Gasteiger partial charge in [0, 0.05) is 0 Å². The quantitative estimate of drug-likeness (QED) is 0.448. The predicted molar refractivity (Wildman–Crippen MR) is 20.3 cm³/mol. The Kier molecular flexibility index (Phi) is 16.1. The fourth-order valence-electron chi connectivity index (χ4n) is 0. The first kappa shape index (κ1) is 9.14. The molecule has 5 heavy (non-hydrogen) atoms. The molecule has 0 fully saturated rings. The maximum Gasteiger partial charge on any atom is 2.00 e. The van der Waals surface area contributed by atoms with E-state index in [9.17, 15) is 0 Å². The standard InChI is InChI=1S/C4H9.V/c1-3-4-2;/h1,3-4H2,2H3;/q-1;+2. The van der Waals surface area contributed by atoms with Gasteiger partial charge in [0.05, 0.1) is 0 Å². The first-order valence-corrected chi connectivity index (χ1v) is 1.71. The molecule has 0 saturated heterocycles. The van der Waals surface area contributed by atoms with Crippen molar-refractivity contribution in [3.63, 3.8) is 0 Å². The molecular weight excluding hydrogens is 99.0 g/mol. The molecule has 0 atom stereocenters. The summed E-state index contributed by atoms with van der Waals surface area (Å²) < 4.78 is 0. The van der Waals surface area contributed by atoms with Crippen LogP contribution in [0.2, 0.25) is 0 Å². The monoisotopic (exact) mass is 108 g/mol. The summed E-state index contributed by atoms with van der Waals surface area (Å²) in [5.41, 5.74) is 0. The van der Waals surface area contributed by atoms with E-state index in [4.69, 9.17) is 0 Å². The molecule has 0 rings (SSSR count). The van der Waals surface area contributed by atoms with Crippen LogP contribution in [0.25, 0.3) is 0 Å². The van der Waals surface area contributed by atoms with Gasteiger partial charge in [-0.1, -0.05) is 13.3 Å². The first-order valence-electron chi connectivity index (χ1n) is 1.71. The Hall–Kier alpha value is 0.584. The Morgan fingerprint density at radius 2 is 1.80 bits per heavy atom. The second-order valence-electron chi connectivity index (χ2n) is 0.854. The maximum absolute atomic E-state index is 3.60. The Bertz CT molecular complexity index is 5.61. The van der Waals surface area contributed by atoms with Crippen molar-refractivity contribution in [2.24, 2.45) is 0 Å². The molecule has 0 heterocycles. The Morgan fingerprint density at radius 3 is 1.80 bits per heavy atom. The van der Waals surface area contributed by atoms with Gasteiger partial charge in [-0.15, -0.1) is 0 Å². The topological polar surface area (TPSA) is 0 Å². The van der Waals surface area contributed by atoms with Gasteiger partial charge in [0.1, 0.15) is 0 Å². The van der Waals surface area contributed by atoms with Crippen molar-refractivity contribution in [2.45, 2.75) is 19.8 Å². The van der Waals surface area contributed by atoms with Crippen LogP contribution in [-0.4, -0.2) is 0 Å². The van der Waals surface area contributed by atoms with Crippen LogP contribution in [0.1, 0.15) is 19.8 Å². The van der Waals surface area contributed by atoms with Gasteiger partial charge >= 0.3 is 18.6 Å². The molecule has 0 aliphatic carbocycles. The summed E-state index contributed by atoms with van der Waals surface area (Å²) in [6, 6.07) is 0. The van der Waals surface area contributed by atoms with E-state index in [0.717, 1.165) is 6.42 Å². The van der Waals surface area contributed by atoms with Gasteiger partial charge in [0.25, 0.3) is 0 Å². The Balaban J connectivity index is 0. The van der Waals surface area contributed by atoms with Crippen molar-refractivity contribution >= 4 is 0 Å². The average Bonchev–Trinajstić information content (AvgIpc) is 1.37. The predicted octanol–water partition coefficient (Wildman–Crippen LogP) is 1.62. The van der Waals surface area contributed by atoms with Gasteiger partial charge in [0.15, 0.2) is 0 Å². The molecule has 1 heteroatoms. The minimum Gasteiger partial charge on any atom is -0.343 e. The normalized spacial score (nSPS) is 6.00. The van der Waals surface area contributed by atoms with Crippen LogP contribution in [0.4, 0.5) is 0 Å². The van der Waals surface area contributed by atoms with Gasteiger partial charge in [-0.3, -0.25) is 0 Å². The molecule has 0 nitrogen and oxygen atoms in total. The van der Waals surface area contributed by atoms with Crippen LogP contribution >= 0.6 is 0 Å². The van der Waals surface area contributed by atoms with Crippen molar-refractivity contribution in [3.8, 4) is 0 Å². The van der Waals surface area contributed by atoms with Crippen molar-refractivity contribution < 1.29 is 18.6 Å². The summed E-state index contributed by atoms with van der Waals surface area (Å²) in [6.45, 7) is 5.72. The summed E-state index contributed by atoms with van der Waals surface area (Å²) in [4.78, 5) is 0. The summed E-state index contributed by atoms with van der Waals surface area (Å²) >= 11 is 0. The molecule has 0 spiro atoms. The van der Waals surface area contributed by atoms with Crippen LogP contribution in [0.5, 0.6) is 0 Å². The van der Waals surface area contributed by atoms with Gasteiger partial charge in [-0.25, -0.2) is 0 Å². The molecule has 0 aliphatic rings. The smallest absolute Gasteiger partial charge is 0.343 e. The molecule has 0 aromatic carbocycles. The van der Waals surface area contributed by atoms with Crippen LogP contribution in [-0.2, 0) is 18.6 Å². The second kappa shape index (κ2) is 8.82. The fourth-order valence-corrected chi connectivity index (χ4v) is 0. The largest absolute Gasteiger partial charge is 2.00 e. The summed E-state index contributed by atoms with van der Waals surface area (Å²) in [7, 11) is 0. The first-order chi connectivity index (χ1) is 1.91. The van der Waals surface area contributed by atoms with E-state index in [1.54, 1.807) is 0 Å². The van der Waals surface area contributed by atoms with E-state index in [2.05, 4.69) is 13.8 Å². The molecule has 0 N–H and O–H groups in total.